The van der Waals surface area contributed by atoms with Gasteiger partial charge in [0.05, 0.1) is 5.56 Å². The number of pyridine rings is 1. The molecule has 0 bridgehead atoms. The van der Waals surface area contributed by atoms with Crippen molar-refractivity contribution in [1.29, 1.82) is 0 Å². The van der Waals surface area contributed by atoms with Crippen LogP contribution >= 0.6 is 39.1 Å². The fraction of sp³-hybridized carbons (Fsp3) is 0. The van der Waals surface area contributed by atoms with Crippen molar-refractivity contribution in [2.24, 2.45) is 0 Å². The average Bonchev–Trinajstić information content (AvgIpc) is 2.32. The van der Waals surface area contributed by atoms with Crippen molar-refractivity contribution in [1.82, 2.24) is 4.98 Å². The maximum Gasteiger partial charge on any atom is 0.256 e. The van der Waals surface area contributed by atoms with Crippen LogP contribution in [0.25, 0.3) is 0 Å². The number of anilines is 1. The molecular formula is C12H7BrCl2N2O. The Bertz CT molecular complexity index is 604. The summed E-state index contributed by atoms with van der Waals surface area (Å²) in [6.45, 7) is 0. The van der Waals surface area contributed by atoms with Crippen molar-refractivity contribution in [3.05, 3.63) is 56.7 Å². The average molecular weight is 346 g/mol. The second-order valence-corrected chi connectivity index (χ2v) is 5.12. The van der Waals surface area contributed by atoms with E-state index < -0.39 is 0 Å². The summed E-state index contributed by atoms with van der Waals surface area (Å²) in [4.78, 5) is 15.9. The molecule has 1 aromatic heterocycles. The molecule has 0 radical (unpaired) electrons. The Kier molecular flexibility index (Phi) is 4.22. The lowest BCUT2D eigenvalue weighted by Crippen LogP contribution is -2.12. The van der Waals surface area contributed by atoms with Gasteiger partial charge in [0.25, 0.3) is 5.91 Å². The maximum atomic E-state index is 12.0. The molecule has 0 atom stereocenters. The van der Waals surface area contributed by atoms with Gasteiger partial charge >= 0.3 is 0 Å². The molecule has 92 valence electrons. The van der Waals surface area contributed by atoms with E-state index in [4.69, 9.17) is 23.2 Å². The molecule has 0 unspecified atom stereocenters. The minimum Gasteiger partial charge on any atom is -0.322 e. The Morgan fingerprint density at radius 3 is 2.72 bits per heavy atom. The number of aromatic nitrogens is 1. The zero-order valence-electron chi connectivity index (χ0n) is 8.95. The summed E-state index contributed by atoms with van der Waals surface area (Å²) in [5, 5.41) is 3.53. The van der Waals surface area contributed by atoms with Gasteiger partial charge in [-0.05, 0) is 46.3 Å². The molecule has 0 aliphatic heterocycles. The molecule has 0 aliphatic carbocycles. The van der Waals surface area contributed by atoms with E-state index in [2.05, 4.69) is 26.2 Å². The molecule has 0 saturated heterocycles. The highest BCUT2D eigenvalue weighted by Gasteiger charge is 2.11. The first-order valence-electron chi connectivity index (χ1n) is 4.94. The monoisotopic (exact) mass is 344 g/mol. The summed E-state index contributed by atoms with van der Waals surface area (Å²) in [7, 11) is 0. The molecule has 2 rings (SSSR count). The molecule has 1 heterocycles. The van der Waals surface area contributed by atoms with Crippen molar-refractivity contribution >= 4 is 50.7 Å². The third kappa shape index (κ3) is 3.22. The number of carbonyl (C=O) groups excluding carboxylic acids is 1. The second-order valence-electron chi connectivity index (χ2n) is 3.45. The number of benzene rings is 1. The molecule has 3 nitrogen and oxygen atoms in total. The first-order chi connectivity index (χ1) is 8.56. The van der Waals surface area contributed by atoms with E-state index in [1.807, 2.05) is 0 Å². The molecule has 6 heteroatoms. The molecule has 2 aromatic rings. The SMILES string of the molecule is O=C(Nc1ccnc(Cl)c1)c1cc(Cl)ccc1Br. The fourth-order valence-corrected chi connectivity index (χ4v) is 2.12. The van der Waals surface area contributed by atoms with Gasteiger partial charge in [-0.25, -0.2) is 4.98 Å². The molecule has 0 aliphatic rings. The van der Waals surface area contributed by atoms with Crippen LogP contribution in [0.2, 0.25) is 10.2 Å². The van der Waals surface area contributed by atoms with Gasteiger partial charge in [0.2, 0.25) is 0 Å². The first kappa shape index (κ1) is 13.3. The van der Waals surface area contributed by atoms with E-state index in [1.165, 1.54) is 6.20 Å². The van der Waals surface area contributed by atoms with Crippen molar-refractivity contribution in [2.45, 2.75) is 0 Å². The van der Waals surface area contributed by atoms with Gasteiger partial charge in [0, 0.05) is 21.4 Å². The van der Waals surface area contributed by atoms with Gasteiger partial charge in [0.15, 0.2) is 0 Å². The van der Waals surface area contributed by atoms with Crippen LogP contribution in [0.3, 0.4) is 0 Å². The van der Waals surface area contributed by atoms with Gasteiger partial charge in [-0.2, -0.15) is 0 Å². The molecule has 0 fully saturated rings. The predicted octanol–water partition coefficient (Wildman–Crippen LogP) is 4.40. The lowest BCUT2D eigenvalue weighted by molar-refractivity contribution is 0.102. The zero-order valence-corrected chi connectivity index (χ0v) is 12.1. The van der Waals surface area contributed by atoms with Crippen LogP contribution in [-0.4, -0.2) is 10.9 Å². The third-order valence-corrected chi connectivity index (χ3v) is 3.29. The molecule has 0 spiro atoms. The smallest absolute Gasteiger partial charge is 0.256 e. The van der Waals surface area contributed by atoms with Crippen LogP contribution < -0.4 is 5.32 Å². The van der Waals surface area contributed by atoms with E-state index in [9.17, 15) is 4.79 Å². The van der Waals surface area contributed by atoms with Crippen LogP contribution in [0, 0.1) is 0 Å². The third-order valence-electron chi connectivity index (χ3n) is 2.16. The Balaban J connectivity index is 2.24. The minimum atomic E-state index is -0.272. The number of hydrogen-bond acceptors (Lipinski definition) is 2. The summed E-state index contributed by atoms with van der Waals surface area (Å²) in [5.41, 5.74) is 1.03. The summed E-state index contributed by atoms with van der Waals surface area (Å²) < 4.78 is 0.671. The van der Waals surface area contributed by atoms with Crippen molar-refractivity contribution in [2.75, 3.05) is 5.32 Å². The van der Waals surface area contributed by atoms with E-state index in [-0.39, 0.29) is 5.91 Å². The van der Waals surface area contributed by atoms with Crippen LogP contribution in [0.4, 0.5) is 5.69 Å². The van der Waals surface area contributed by atoms with Crippen molar-refractivity contribution < 1.29 is 4.79 Å². The zero-order chi connectivity index (χ0) is 13.1. The molecule has 1 N–H and O–H groups in total. The highest BCUT2D eigenvalue weighted by Crippen LogP contribution is 2.22. The van der Waals surface area contributed by atoms with E-state index in [0.717, 1.165) is 0 Å². The summed E-state index contributed by atoms with van der Waals surface area (Å²) >= 11 is 14.9. The standard InChI is InChI=1S/C12H7BrCl2N2O/c13-10-2-1-7(14)5-9(10)12(18)17-8-3-4-16-11(15)6-8/h1-6H,(H,16,17,18). The van der Waals surface area contributed by atoms with Gasteiger partial charge in [-0.15, -0.1) is 0 Å². The largest absolute Gasteiger partial charge is 0.322 e. The van der Waals surface area contributed by atoms with Gasteiger partial charge < -0.3 is 5.32 Å². The van der Waals surface area contributed by atoms with E-state index >= 15 is 0 Å². The number of nitrogens with zero attached hydrogens (tertiary/aromatic N) is 1. The van der Waals surface area contributed by atoms with E-state index in [1.54, 1.807) is 30.3 Å². The van der Waals surface area contributed by atoms with Crippen molar-refractivity contribution in [3.8, 4) is 0 Å². The fourth-order valence-electron chi connectivity index (χ4n) is 1.35. The lowest BCUT2D eigenvalue weighted by Gasteiger charge is -2.07. The van der Waals surface area contributed by atoms with E-state index in [0.29, 0.717) is 25.9 Å². The topological polar surface area (TPSA) is 42.0 Å². The molecule has 0 saturated carbocycles. The number of carbonyl (C=O) groups is 1. The number of halogens is 3. The Hall–Kier alpha value is -1.10. The normalized spacial score (nSPS) is 10.2. The van der Waals surface area contributed by atoms with Crippen LogP contribution in [0.15, 0.2) is 41.0 Å². The predicted molar refractivity (Wildman–Crippen MR) is 76.4 cm³/mol. The van der Waals surface area contributed by atoms with Gasteiger partial charge in [-0.3, -0.25) is 4.79 Å². The number of hydrogen-bond donors (Lipinski definition) is 1. The quantitative estimate of drug-likeness (QED) is 0.819. The number of nitrogens with one attached hydrogen (secondary N) is 1. The lowest BCUT2D eigenvalue weighted by atomic mass is 10.2. The highest BCUT2D eigenvalue weighted by atomic mass is 79.9. The van der Waals surface area contributed by atoms with Gasteiger partial charge in [0.1, 0.15) is 5.15 Å². The molecule has 18 heavy (non-hydrogen) atoms. The molecule has 1 amide bonds. The summed E-state index contributed by atoms with van der Waals surface area (Å²) in [5.74, 6) is -0.272. The van der Waals surface area contributed by atoms with Crippen LogP contribution in [0.1, 0.15) is 10.4 Å². The summed E-state index contributed by atoms with van der Waals surface area (Å²) in [6, 6.07) is 8.23. The minimum absolute atomic E-state index is 0.272. The van der Waals surface area contributed by atoms with Crippen LogP contribution in [0.5, 0.6) is 0 Å². The number of rotatable bonds is 2. The van der Waals surface area contributed by atoms with Crippen LogP contribution in [-0.2, 0) is 0 Å². The Labute approximate surface area is 122 Å². The first-order valence-corrected chi connectivity index (χ1v) is 6.49. The maximum absolute atomic E-state index is 12.0. The van der Waals surface area contributed by atoms with Crippen molar-refractivity contribution in [3.63, 3.8) is 0 Å². The second kappa shape index (κ2) is 5.69. The molecular weight excluding hydrogens is 339 g/mol. The summed E-state index contributed by atoms with van der Waals surface area (Å²) in [6.07, 6.45) is 1.52. The number of amides is 1. The Morgan fingerprint density at radius 1 is 1.22 bits per heavy atom. The molecule has 1 aromatic carbocycles. The van der Waals surface area contributed by atoms with Gasteiger partial charge in [-0.1, -0.05) is 23.2 Å². The Morgan fingerprint density at radius 2 is 2.00 bits per heavy atom. The highest BCUT2D eigenvalue weighted by molar-refractivity contribution is 9.10.